The van der Waals surface area contributed by atoms with Crippen LogP contribution >= 0.6 is 0 Å². The monoisotopic (exact) mass is 560 g/mol. The van der Waals surface area contributed by atoms with Crippen LogP contribution in [0.5, 0.6) is 11.5 Å². The van der Waals surface area contributed by atoms with E-state index in [9.17, 15) is 23.1 Å². The second kappa shape index (κ2) is 19.9. The number of alkyl halides is 3. The second-order valence-corrected chi connectivity index (χ2v) is 10.00. The van der Waals surface area contributed by atoms with E-state index >= 15 is 0 Å². The van der Waals surface area contributed by atoms with Gasteiger partial charge in [-0.3, -0.25) is 9.69 Å². The average molecular weight is 561 g/mol. The standard InChI is InChI=1S/C30H45F3N2O4.Li/c1-3-5-6-7-8-9-10-11-12-13-14-15-16-17-21-38-24-18-19-26(27(22-24)39-20-4-2)35-28(37)25(23-36)34-29(35)30(31,32)33;/h18-19,22-23,36H,3-17,20-21H2,1-2H3;/q;+1/p-1/b25-23+;. The van der Waals surface area contributed by atoms with Gasteiger partial charge in [-0.2, -0.15) is 13.2 Å². The maximum absolute atomic E-state index is 13.6. The SMILES string of the molecule is CCCCCCCCCCCCCCCCOc1ccc(N2C(=O)/C(=C\[O-])N=C2C(F)(F)F)c(OCCC)c1.[Li+]. The van der Waals surface area contributed by atoms with Gasteiger partial charge in [0.15, 0.2) is 0 Å². The van der Waals surface area contributed by atoms with E-state index in [1.165, 1.54) is 88.8 Å². The summed E-state index contributed by atoms with van der Waals surface area (Å²) in [5.41, 5.74) is -0.938. The van der Waals surface area contributed by atoms with Gasteiger partial charge >= 0.3 is 25.0 Å². The van der Waals surface area contributed by atoms with Gasteiger partial charge in [0.1, 0.15) is 17.2 Å². The van der Waals surface area contributed by atoms with Crippen LogP contribution in [0.2, 0.25) is 0 Å². The first-order valence-corrected chi connectivity index (χ1v) is 14.6. The van der Waals surface area contributed by atoms with Crippen LogP contribution in [0, 0.1) is 0 Å². The van der Waals surface area contributed by atoms with Crippen molar-refractivity contribution in [2.24, 2.45) is 4.99 Å². The molecule has 0 aliphatic carbocycles. The van der Waals surface area contributed by atoms with Gasteiger partial charge in [0.05, 0.1) is 18.9 Å². The molecule has 1 aliphatic rings. The molecule has 1 heterocycles. The Morgan fingerprint density at radius 1 is 0.825 bits per heavy atom. The molecule has 0 saturated carbocycles. The van der Waals surface area contributed by atoms with Crippen LogP contribution in [-0.4, -0.2) is 31.1 Å². The topological polar surface area (TPSA) is 74.2 Å². The van der Waals surface area contributed by atoms with Crippen LogP contribution < -0.4 is 38.3 Å². The molecule has 2 rings (SSSR count). The Kier molecular flexibility index (Phi) is 17.8. The summed E-state index contributed by atoms with van der Waals surface area (Å²) < 4.78 is 52.1. The Hall–Kier alpha value is -2.11. The zero-order valence-corrected chi connectivity index (χ0v) is 24.5. The summed E-state index contributed by atoms with van der Waals surface area (Å²) in [5, 5.41) is 11.1. The van der Waals surface area contributed by atoms with Crippen molar-refractivity contribution in [2.75, 3.05) is 18.1 Å². The minimum Gasteiger partial charge on any atom is -0.876 e. The van der Waals surface area contributed by atoms with Crippen LogP contribution in [0.1, 0.15) is 110 Å². The first kappa shape index (κ1) is 35.9. The zero-order chi connectivity index (χ0) is 28.5. The van der Waals surface area contributed by atoms with Gasteiger partial charge in [-0.05, 0) is 25.0 Å². The number of hydrogen-bond donors (Lipinski definition) is 0. The fraction of sp³-hybridized carbons (Fsp3) is 0.667. The summed E-state index contributed by atoms with van der Waals surface area (Å²) in [6, 6.07) is 4.31. The van der Waals surface area contributed by atoms with Crippen molar-refractivity contribution in [3.8, 4) is 11.5 Å². The van der Waals surface area contributed by atoms with Crippen molar-refractivity contribution >= 4 is 17.4 Å². The molecule has 0 N–H and O–H groups in total. The predicted octanol–water partition coefficient (Wildman–Crippen LogP) is 4.85. The molecular weight excluding hydrogens is 516 g/mol. The third kappa shape index (κ3) is 12.2. The summed E-state index contributed by atoms with van der Waals surface area (Å²) in [4.78, 5) is 16.1. The Morgan fingerprint density at radius 2 is 1.38 bits per heavy atom. The van der Waals surface area contributed by atoms with Crippen LogP contribution in [0.3, 0.4) is 0 Å². The molecule has 10 heteroatoms. The number of aliphatic imine (C=N–C) groups is 1. The van der Waals surface area contributed by atoms with Crippen LogP contribution in [0.15, 0.2) is 35.2 Å². The van der Waals surface area contributed by atoms with Crippen LogP contribution in [-0.2, 0) is 4.79 Å². The molecule has 1 aromatic carbocycles. The van der Waals surface area contributed by atoms with E-state index in [2.05, 4.69) is 11.9 Å². The molecule has 1 aliphatic heterocycles. The van der Waals surface area contributed by atoms with Crippen molar-refractivity contribution in [3.05, 3.63) is 30.2 Å². The first-order valence-electron chi connectivity index (χ1n) is 14.6. The molecule has 0 radical (unpaired) electrons. The fourth-order valence-electron chi connectivity index (χ4n) is 4.50. The third-order valence-electron chi connectivity index (χ3n) is 6.63. The Bertz CT molecular complexity index is 938. The molecule has 0 spiro atoms. The summed E-state index contributed by atoms with van der Waals surface area (Å²) >= 11 is 0. The number of carbonyl (C=O) groups excluding carboxylic acids is 1. The maximum atomic E-state index is 13.6. The molecule has 1 amide bonds. The summed E-state index contributed by atoms with van der Waals surface area (Å²) in [5.74, 6) is -2.11. The minimum atomic E-state index is -4.93. The number of benzene rings is 1. The molecule has 0 fully saturated rings. The van der Waals surface area contributed by atoms with Crippen LogP contribution in [0.4, 0.5) is 18.9 Å². The van der Waals surface area contributed by atoms with Gasteiger partial charge in [0.25, 0.3) is 5.91 Å². The number of carbonyl (C=O) groups is 1. The van der Waals surface area contributed by atoms with Gasteiger partial charge < -0.3 is 14.6 Å². The molecule has 1 aromatic rings. The third-order valence-corrected chi connectivity index (χ3v) is 6.63. The van der Waals surface area contributed by atoms with E-state index in [0.717, 1.165) is 19.3 Å². The van der Waals surface area contributed by atoms with Gasteiger partial charge in [-0.1, -0.05) is 97.3 Å². The van der Waals surface area contributed by atoms with Crippen molar-refractivity contribution in [3.63, 3.8) is 0 Å². The normalized spacial score (nSPS) is 14.4. The fourth-order valence-corrected chi connectivity index (χ4v) is 4.50. The summed E-state index contributed by atoms with van der Waals surface area (Å²) in [7, 11) is 0. The summed E-state index contributed by atoms with van der Waals surface area (Å²) in [6.07, 6.45) is 13.4. The Morgan fingerprint density at radius 3 is 1.88 bits per heavy atom. The molecule has 40 heavy (non-hydrogen) atoms. The van der Waals surface area contributed by atoms with Crippen molar-refractivity contribution < 1.29 is 51.4 Å². The van der Waals surface area contributed by atoms with Gasteiger partial charge in [-0.25, -0.2) is 4.99 Å². The largest absolute Gasteiger partial charge is 1.00 e. The number of halogens is 3. The smallest absolute Gasteiger partial charge is 0.876 e. The molecule has 6 nitrogen and oxygen atoms in total. The minimum absolute atomic E-state index is 0. The van der Waals surface area contributed by atoms with E-state index in [4.69, 9.17) is 9.47 Å². The predicted molar refractivity (Wildman–Crippen MR) is 147 cm³/mol. The number of anilines is 1. The molecule has 0 atom stereocenters. The number of amidine groups is 1. The molecule has 0 saturated heterocycles. The molecule has 0 unspecified atom stereocenters. The first-order chi connectivity index (χ1) is 18.8. The van der Waals surface area contributed by atoms with Crippen molar-refractivity contribution in [1.29, 1.82) is 0 Å². The van der Waals surface area contributed by atoms with Crippen molar-refractivity contribution in [1.82, 2.24) is 0 Å². The number of amides is 1. The van der Waals surface area contributed by atoms with E-state index in [1.807, 2.05) is 6.92 Å². The number of rotatable bonds is 20. The van der Waals surface area contributed by atoms with E-state index in [0.29, 0.717) is 23.7 Å². The summed E-state index contributed by atoms with van der Waals surface area (Å²) in [6.45, 7) is 4.82. The molecule has 0 aromatic heterocycles. The number of unbranched alkanes of at least 4 members (excludes halogenated alkanes) is 13. The molecule has 220 valence electrons. The van der Waals surface area contributed by atoms with Gasteiger partial charge in [-0.15, -0.1) is 6.26 Å². The van der Waals surface area contributed by atoms with E-state index in [1.54, 1.807) is 0 Å². The molecular formula is C30H44F3LiN2O4. The second-order valence-electron chi connectivity index (χ2n) is 10.00. The number of ether oxygens (including phenoxy) is 2. The number of hydrogen-bond acceptors (Lipinski definition) is 5. The Balaban J connectivity index is 0.00000800. The molecule has 0 bridgehead atoms. The zero-order valence-electron chi connectivity index (χ0n) is 24.5. The van der Waals surface area contributed by atoms with Gasteiger partial charge in [0, 0.05) is 6.07 Å². The average Bonchev–Trinajstić information content (AvgIpc) is 3.26. The quantitative estimate of drug-likeness (QED) is 0.0990. The van der Waals surface area contributed by atoms with Crippen LogP contribution in [0.25, 0.3) is 0 Å². The van der Waals surface area contributed by atoms with E-state index < -0.39 is 23.6 Å². The number of nitrogens with zero attached hydrogens (tertiary/aromatic N) is 2. The Labute approximate surface area is 249 Å². The van der Waals surface area contributed by atoms with Gasteiger partial charge in [0.2, 0.25) is 5.84 Å². The maximum Gasteiger partial charge on any atom is 1.00 e. The van der Waals surface area contributed by atoms with E-state index in [-0.39, 0.29) is 43.2 Å². The van der Waals surface area contributed by atoms with Crippen molar-refractivity contribution in [2.45, 2.75) is 116 Å².